The van der Waals surface area contributed by atoms with Crippen molar-refractivity contribution in [3.63, 3.8) is 0 Å². The first-order valence-corrected chi connectivity index (χ1v) is 5.67. The minimum absolute atomic E-state index is 0.282. The van der Waals surface area contributed by atoms with E-state index in [2.05, 4.69) is 10.2 Å². The highest BCUT2D eigenvalue weighted by Gasteiger charge is 2.12. The van der Waals surface area contributed by atoms with Crippen molar-refractivity contribution in [3.8, 4) is 11.4 Å². The summed E-state index contributed by atoms with van der Waals surface area (Å²) in [6.07, 6.45) is 0. The molecule has 0 aliphatic rings. The molecular formula is C11H13ClN4O. The molecule has 0 saturated carbocycles. The van der Waals surface area contributed by atoms with Gasteiger partial charge in [-0.15, -0.1) is 21.8 Å². The first-order chi connectivity index (χ1) is 8.30. The number of methoxy groups -OCH3 is 1. The summed E-state index contributed by atoms with van der Waals surface area (Å²) in [5.74, 6) is 2.39. The summed E-state index contributed by atoms with van der Waals surface area (Å²) in [7, 11) is 1.62. The predicted octanol–water partition coefficient (Wildman–Crippen LogP) is 1.47. The van der Waals surface area contributed by atoms with E-state index in [9.17, 15) is 0 Å². The zero-order valence-corrected chi connectivity index (χ0v) is 10.2. The fourth-order valence-electron chi connectivity index (χ4n) is 1.62. The average molecular weight is 253 g/mol. The van der Waals surface area contributed by atoms with Crippen molar-refractivity contribution in [2.24, 2.45) is 5.73 Å². The number of hydrogen-bond acceptors (Lipinski definition) is 4. The molecule has 2 rings (SSSR count). The van der Waals surface area contributed by atoms with Crippen molar-refractivity contribution in [3.05, 3.63) is 35.9 Å². The minimum Gasteiger partial charge on any atom is -0.497 e. The Morgan fingerprint density at radius 3 is 2.76 bits per heavy atom. The number of ether oxygens (including phenoxy) is 1. The van der Waals surface area contributed by atoms with Crippen LogP contribution in [-0.2, 0) is 12.4 Å². The second-order valence-electron chi connectivity index (χ2n) is 3.41. The van der Waals surface area contributed by atoms with Crippen LogP contribution in [0, 0.1) is 0 Å². The van der Waals surface area contributed by atoms with Crippen LogP contribution in [0.2, 0.25) is 0 Å². The monoisotopic (exact) mass is 252 g/mol. The fraction of sp³-hybridized carbons (Fsp3) is 0.273. The van der Waals surface area contributed by atoms with Gasteiger partial charge < -0.3 is 10.5 Å². The van der Waals surface area contributed by atoms with Crippen LogP contribution in [0.25, 0.3) is 5.69 Å². The SMILES string of the molecule is COc1cccc(-n2c(CN)nnc2CCl)c1. The van der Waals surface area contributed by atoms with E-state index in [4.69, 9.17) is 22.1 Å². The second-order valence-corrected chi connectivity index (χ2v) is 3.67. The molecule has 6 heteroatoms. The van der Waals surface area contributed by atoms with Crippen LogP contribution < -0.4 is 10.5 Å². The maximum Gasteiger partial charge on any atom is 0.152 e. The number of benzene rings is 1. The van der Waals surface area contributed by atoms with Crippen molar-refractivity contribution < 1.29 is 4.74 Å². The van der Waals surface area contributed by atoms with Gasteiger partial charge in [0.05, 0.1) is 25.2 Å². The Bertz CT molecular complexity index is 490. The summed E-state index contributed by atoms with van der Waals surface area (Å²) in [5.41, 5.74) is 6.52. The lowest BCUT2D eigenvalue weighted by molar-refractivity contribution is 0.414. The Labute approximate surface area is 104 Å². The third-order valence-electron chi connectivity index (χ3n) is 2.41. The molecule has 17 heavy (non-hydrogen) atoms. The van der Waals surface area contributed by atoms with Gasteiger partial charge in [-0.25, -0.2) is 0 Å². The lowest BCUT2D eigenvalue weighted by atomic mass is 10.3. The predicted molar refractivity (Wildman–Crippen MR) is 65.4 cm³/mol. The van der Waals surface area contributed by atoms with Gasteiger partial charge >= 0.3 is 0 Å². The molecule has 2 N–H and O–H groups in total. The number of alkyl halides is 1. The molecule has 0 atom stereocenters. The van der Waals surface area contributed by atoms with Crippen LogP contribution in [0.5, 0.6) is 5.75 Å². The van der Waals surface area contributed by atoms with E-state index in [1.807, 2.05) is 28.8 Å². The number of nitrogens with zero attached hydrogens (tertiary/aromatic N) is 3. The van der Waals surface area contributed by atoms with Crippen molar-refractivity contribution in [2.75, 3.05) is 7.11 Å². The highest BCUT2D eigenvalue weighted by atomic mass is 35.5. The number of rotatable bonds is 4. The first kappa shape index (κ1) is 11.9. The summed E-state index contributed by atoms with van der Waals surface area (Å²) < 4.78 is 7.02. The van der Waals surface area contributed by atoms with Gasteiger partial charge in [-0.1, -0.05) is 6.07 Å². The number of aromatic nitrogens is 3. The molecule has 1 aromatic heterocycles. The van der Waals surface area contributed by atoms with E-state index in [1.165, 1.54) is 0 Å². The van der Waals surface area contributed by atoms with E-state index >= 15 is 0 Å². The molecule has 0 bridgehead atoms. The molecular weight excluding hydrogens is 240 g/mol. The largest absolute Gasteiger partial charge is 0.497 e. The molecule has 1 heterocycles. The Morgan fingerprint density at radius 1 is 1.35 bits per heavy atom. The molecule has 0 amide bonds. The van der Waals surface area contributed by atoms with Gasteiger partial charge in [0.1, 0.15) is 5.75 Å². The van der Waals surface area contributed by atoms with Gasteiger partial charge in [0, 0.05) is 6.07 Å². The van der Waals surface area contributed by atoms with Crippen LogP contribution >= 0.6 is 11.6 Å². The van der Waals surface area contributed by atoms with E-state index in [0.29, 0.717) is 18.2 Å². The Kier molecular flexibility index (Phi) is 3.61. The quantitative estimate of drug-likeness (QED) is 0.837. The third kappa shape index (κ3) is 2.25. The molecule has 0 unspecified atom stereocenters. The van der Waals surface area contributed by atoms with Gasteiger partial charge in [-0.05, 0) is 12.1 Å². The van der Waals surface area contributed by atoms with E-state index < -0.39 is 0 Å². The van der Waals surface area contributed by atoms with Crippen molar-refractivity contribution in [1.29, 1.82) is 0 Å². The van der Waals surface area contributed by atoms with E-state index in [1.54, 1.807) is 7.11 Å². The van der Waals surface area contributed by atoms with Crippen LogP contribution in [-0.4, -0.2) is 21.9 Å². The Morgan fingerprint density at radius 2 is 2.12 bits per heavy atom. The summed E-state index contributed by atoms with van der Waals surface area (Å²) in [6.45, 7) is 0.307. The molecule has 0 aliphatic carbocycles. The van der Waals surface area contributed by atoms with Gasteiger partial charge in [0.15, 0.2) is 11.6 Å². The standard InChI is InChI=1S/C11H13ClN4O/c1-17-9-4-2-3-8(5-9)16-10(6-12)14-15-11(16)7-13/h2-5H,6-7,13H2,1H3. The lowest BCUT2D eigenvalue weighted by Gasteiger charge is -2.09. The highest BCUT2D eigenvalue weighted by molar-refractivity contribution is 6.16. The van der Waals surface area contributed by atoms with E-state index in [0.717, 1.165) is 11.4 Å². The number of hydrogen-bond donors (Lipinski definition) is 1. The first-order valence-electron chi connectivity index (χ1n) is 5.13. The average Bonchev–Trinajstić information content (AvgIpc) is 2.81. The summed E-state index contributed by atoms with van der Waals surface area (Å²) in [5, 5.41) is 8.00. The normalized spacial score (nSPS) is 10.5. The van der Waals surface area contributed by atoms with Gasteiger partial charge in [-0.2, -0.15) is 0 Å². The topological polar surface area (TPSA) is 66.0 Å². The molecule has 90 valence electrons. The smallest absolute Gasteiger partial charge is 0.152 e. The van der Waals surface area contributed by atoms with Crippen molar-refractivity contribution in [2.45, 2.75) is 12.4 Å². The van der Waals surface area contributed by atoms with E-state index in [-0.39, 0.29) is 5.88 Å². The molecule has 5 nitrogen and oxygen atoms in total. The van der Waals surface area contributed by atoms with Crippen LogP contribution in [0.15, 0.2) is 24.3 Å². The summed E-state index contributed by atoms with van der Waals surface area (Å²) >= 11 is 5.83. The number of nitrogens with two attached hydrogens (primary N) is 1. The molecule has 0 spiro atoms. The zero-order valence-electron chi connectivity index (χ0n) is 9.43. The maximum atomic E-state index is 5.83. The second kappa shape index (κ2) is 5.16. The van der Waals surface area contributed by atoms with Crippen LogP contribution in [0.4, 0.5) is 0 Å². The van der Waals surface area contributed by atoms with Gasteiger partial charge in [-0.3, -0.25) is 4.57 Å². The third-order valence-corrected chi connectivity index (χ3v) is 2.65. The van der Waals surface area contributed by atoms with Gasteiger partial charge in [0.25, 0.3) is 0 Å². The molecule has 1 aromatic carbocycles. The highest BCUT2D eigenvalue weighted by Crippen LogP contribution is 2.19. The molecule has 2 aromatic rings. The summed E-state index contributed by atoms with van der Waals surface area (Å²) in [4.78, 5) is 0. The molecule has 0 fully saturated rings. The Hall–Kier alpha value is -1.59. The summed E-state index contributed by atoms with van der Waals surface area (Å²) in [6, 6.07) is 7.59. The van der Waals surface area contributed by atoms with Crippen molar-refractivity contribution in [1.82, 2.24) is 14.8 Å². The minimum atomic E-state index is 0.282. The Balaban J connectivity index is 2.53. The van der Waals surface area contributed by atoms with Crippen LogP contribution in [0.1, 0.15) is 11.6 Å². The molecule has 0 aliphatic heterocycles. The maximum absolute atomic E-state index is 5.83. The lowest BCUT2D eigenvalue weighted by Crippen LogP contribution is -2.08. The molecule has 0 saturated heterocycles. The molecule has 0 radical (unpaired) electrons. The van der Waals surface area contributed by atoms with Crippen LogP contribution in [0.3, 0.4) is 0 Å². The number of halogens is 1. The zero-order chi connectivity index (χ0) is 12.3. The van der Waals surface area contributed by atoms with Crippen molar-refractivity contribution >= 4 is 11.6 Å². The van der Waals surface area contributed by atoms with Gasteiger partial charge in [0.2, 0.25) is 0 Å². The fourth-order valence-corrected chi connectivity index (χ4v) is 1.79.